The van der Waals surface area contributed by atoms with Crippen molar-refractivity contribution in [1.82, 2.24) is 5.32 Å². The molecule has 0 amide bonds. The van der Waals surface area contributed by atoms with Crippen LogP contribution in [0.1, 0.15) is 25.7 Å². The van der Waals surface area contributed by atoms with Crippen LogP contribution in [0.3, 0.4) is 0 Å². The fraction of sp³-hybridized carbons (Fsp3) is 0.727. The Morgan fingerprint density at radius 1 is 1.59 bits per heavy atom. The van der Waals surface area contributed by atoms with Gasteiger partial charge in [-0.05, 0) is 19.3 Å². The molecule has 1 saturated carbocycles. The van der Waals surface area contributed by atoms with Gasteiger partial charge < -0.3 is 5.11 Å². The maximum Gasteiger partial charge on any atom is 0.391 e. The molecule has 0 heterocycles. The molecule has 0 bridgehead atoms. The molecule has 0 spiro atoms. The van der Waals surface area contributed by atoms with Gasteiger partial charge in [-0.15, -0.1) is 6.58 Å². The minimum atomic E-state index is -4.32. The first-order valence-corrected chi connectivity index (χ1v) is 5.48. The lowest BCUT2D eigenvalue weighted by molar-refractivity contribution is -0.191. The van der Waals surface area contributed by atoms with Crippen molar-refractivity contribution in [3.8, 4) is 0 Å². The van der Waals surface area contributed by atoms with Crippen LogP contribution in [-0.2, 0) is 4.79 Å². The standard InChI is InChI=1S/C11H16F3NO2/c1-2-6-15-10(9(16)17)5-3-4-8(7-10)11(12,13)14/h2,8,15H,1,3-7H2,(H,16,17). The molecule has 2 unspecified atom stereocenters. The zero-order chi connectivity index (χ0) is 13.1. The summed E-state index contributed by atoms with van der Waals surface area (Å²) in [6, 6.07) is 0. The minimum Gasteiger partial charge on any atom is -0.480 e. The highest BCUT2D eigenvalue weighted by Crippen LogP contribution is 2.41. The van der Waals surface area contributed by atoms with Gasteiger partial charge in [-0.3, -0.25) is 10.1 Å². The number of nitrogens with one attached hydrogen (secondary N) is 1. The van der Waals surface area contributed by atoms with Gasteiger partial charge >= 0.3 is 12.1 Å². The summed E-state index contributed by atoms with van der Waals surface area (Å²) in [5.74, 6) is -2.75. The van der Waals surface area contributed by atoms with E-state index in [1.165, 1.54) is 6.08 Å². The highest BCUT2D eigenvalue weighted by Gasteiger charge is 2.50. The van der Waals surface area contributed by atoms with Crippen LogP contribution in [0.15, 0.2) is 12.7 Å². The molecule has 1 fully saturated rings. The predicted octanol–water partition coefficient (Wildman–Crippen LogP) is 2.34. The maximum atomic E-state index is 12.6. The van der Waals surface area contributed by atoms with Gasteiger partial charge in [-0.25, -0.2) is 0 Å². The number of alkyl halides is 3. The molecule has 1 aliphatic rings. The zero-order valence-electron chi connectivity index (χ0n) is 9.39. The van der Waals surface area contributed by atoms with Crippen LogP contribution in [0.2, 0.25) is 0 Å². The molecule has 0 saturated heterocycles. The van der Waals surface area contributed by atoms with Crippen LogP contribution >= 0.6 is 0 Å². The SMILES string of the molecule is C=CCNC1(C(=O)O)CCCC(C(F)(F)F)C1. The minimum absolute atomic E-state index is 0.00823. The summed E-state index contributed by atoms with van der Waals surface area (Å²) in [5, 5.41) is 11.8. The van der Waals surface area contributed by atoms with Crippen molar-refractivity contribution in [2.75, 3.05) is 6.54 Å². The number of carbonyl (C=O) groups is 1. The van der Waals surface area contributed by atoms with Crippen LogP contribution < -0.4 is 5.32 Å². The Morgan fingerprint density at radius 3 is 2.71 bits per heavy atom. The lowest BCUT2D eigenvalue weighted by Gasteiger charge is -2.38. The number of halogens is 3. The number of carboxylic acids is 1. The van der Waals surface area contributed by atoms with Crippen molar-refractivity contribution in [1.29, 1.82) is 0 Å². The van der Waals surface area contributed by atoms with Crippen LogP contribution in [0.4, 0.5) is 13.2 Å². The van der Waals surface area contributed by atoms with E-state index in [4.69, 9.17) is 5.11 Å². The van der Waals surface area contributed by atoms with Crippen molar-refractivity contribution in [2.24, 2.45) is 5.92 Å². The maximum absolute atomic E-state index is 12.6. The quantitative estimate of drug-likeness (QED) is 0.754. The van der Waals surface area contributed by atoms with Gasteiger partial charge in [0.2, 0.25) is 0 Å². The normalized spacial score (nSPS) is 29.9. The third-order valence-electron chi connectivity index (χ3n) is 3.21. The molecule has 0 radical (unpaired) electrons. The summed E-state index contributed by atoms with van der Waals surface area (Å²) in [5.41, 5.74) is -1.47. The second kappa shape index (κ2) is 5.08. The van der Waals surface area contributed by atoms with E-state index < -0.39 is 30.0 Å². The van der Waals surface area contributed by atoms with E-state index in [-0.39, 0.29) is 25.8 Å². The molecule has 6 heteroatoms. The van der Waals surface area contributed by atoms with Crippen LogP contribution in [0.5, 0.6) is 0 Å². The van der Waals surface area contributed by atoms with Gasteiger partial charge in [0.05, 0.1) is 5.92 Å². The summed E-state index contributed by atoms with van der Waals surface area (Å²) in [7, 11) is 0. The van der Waals surface area contributed by atoms with E-state index in [9.17, 15) is 18.0 Å². The fourth-order valence-corrected chi connectivity index (χ4v) is 2.25. The zero-order valence-corrected chi connectivity index (χ0v) is 9.39. The van der Waals surface area contributed by atoms with E-state index in [0.29, 0.717) is 0 Å². The number of carboxylic acid groups (broad SMARTS) is 1. The molecule has 2 N–H and O–H groups in total. The predicted molar refractivity (Wildman–Crippen MR) is 56.6 cm³/mol. The Balaban J connectivity index is 2.83. The number of rotatable bonds is 4. The average molecular weight is 251 g/mol. The first-order valence-electron chi connectivity index (χ1n) is 5.48. The molecule has 1 rings (SSSR count). The molecule has 3 nitrogen and oxygen atoms in total. The monoisotopic (exact) mass is 251 g/mol. The van der Waals surface area contributed by atoms with Gasteiger partial charge in [0.15, 0.2) is 0 Å². The van der Waals surface area contributed by atoms with E-state index in [1.807, 2.05) is 0 Å². The van der Waals surface area contributed by atoms with Gasteiger partial charge in [0.25, 0.3) is 0 Å². The number of hydrogen-bond donors (Lipinski definition) is 2. The molecule has 0 aliphatic heterocycles. The lowest BCUT2D eigenvalue weighted by atomic mass is 9.75. The Bertz CT molecular complexity index is 304. The first kappa shape index (κ1) is 14.0. The van der Waals surface area contributed by atoms with Crippen molar-refractivity contribution < 1.29 is 23.1 Å². The van der Waals surface area contributed by atoms with E-state index in [0.717, 1.165) is 0 Å². The second-order valence-electron chi connectivity index (χ2n) is 4.39. The number of aliphatic carboxylic acids is 1. The second-order valence-corrected chi connectivity index (χ2v) is 4.39. The van der Waals surface area contributed by atoms with E-state index in [2.05, 4.69) is 11.9 Å². The molecule has 17 heavy (non-hydrogen) atoms. The first-order chi connectivity index (χ1) is 7.82. The largest absolute Gasteiger partial charge is 0.480 e. The molecule has 2 atom stereocenters. The summed E-state index contributed by atoms with van der Waals surface area (Å²) in [6.45, 7) is 3.62. The summed E-state index contributed by atoms with van der Waals surface area (Å²) < 4.78 is 37.9. The number of hydrogen-bond acceptors (Lipinski definition) is 2. The summed E-state index contributed by atoms with van der Waals surface area (Å²) in [4.78, 5) is 11.2. The fourth-order valence-electron chi connectivity index (χ4n) is 2.25. The Hall–Kier alpha value is -1.04. The molecule has 0 aromatic rings. The average Bonchev–Trinajstić information content (AvgIpc) is 2.25. The smallest absolute Gasteiger partial charge is 0.391 e. The molecule has 0 aromatic carbocycles. The van der Waals surface area contributed by atoms with Gasteiger partial charge in [0.1, 0.15) is 5.54 Å². The highest BCUT2D eigenvalue weighted by molar-refractivity contribution is 5.79. The van der Waals surface area contributed by atoms with Gasteiger partial charge in [-0.2, -0.15) is 13.2 Å². The Kier molecular flexibility index (Phi) is 4.19. The van der Waals surface area contributed by atoms with E-state index in [1.54, 1.807) is 0 Å². The third kappa shape index (κ3) is 3.21. The van der Waals surface area contributed by atoms with Gasteiger partial charge in [0, 0.05) is 6.54 Å². The van der Waals surface area contributed by atoms with E-state index >= 15 is 0 Å². The summed E-state index contributed by atoms with van der Waals surface area (Å²) >= 11 is 0. The molecular formula is C11H16F3NO2. The summed E-state index contributed by atoms with van der Waals surface area (Å²) in [6.07, 6.45) is -2.78. The third-order valence-corrected chi connectivity index (χ3v) is 3.21. The van der Waals surface area contributed by atoms with Crippen LogP contribution in [0.25, 0.3) is 0 Å². The van der Waals surface area contributed by atoms with Crippen molar-refractivity contribution in [2.45, 2.75) is 37.4 Å². The molecule has 0 aromatic heterocycles. The lowest BCUT2D eigenvalue weighted by Crippen LogP contribution is -2.56. The van der Waals surface area contributed by atoms with Crippen molar-refractivity contribution >= 4 is 5.97 Å². The van der Waals surface area contributed by atoms with Crippen molar-refractivity contribution in [3.63, 3.8) is 0 Å². The topological polar surface area (TPSA) is 49.3 Å². The van der Waals surface area contributed by atoms with Crippen LogP contribution in [-0.4, -0.2) is 29.3 Å². The highest BCUT2D eigenvalue weighted by atomic mass is 19.4. The molecule has 98 valence electrons. The Labute approximate surface area is 97.7 Å². The van der Waals surface area contributed by atoms with Crippen LogP contribution in [0, 0.1) is 5.92 Å². The molecule has 1 aliphatic carbocycles. The van der Waals surface area contributed by atoms with Gasteiger partial charge in [-0.1, -0.05) is 12.5 Å². The van der Waals surface area contributed by atoms with Crippen molar-refractivity contribution in [3.05, 3.63) is 12.7 Å². The Morgan fingerprint density at radius 2 is 2.24 bits per heavy atom. The molecular weight excluding hydrogens is 235 g/mol.